The number of hydrogen-bond acceptors (Lipinski definition) is 8. The maximum atomic E-state index is 12.7. The number of aromatic nitrogens is 3. The second kappa shape index (κ2) is 9.33. The Kier molecular flexibility index (Phi) is 6.15. The molecule has 2 aromatic carbocycles. The highest BCUT2D eigenvalue weighted by Gasteiger charge is 2.18. The topological polar surface area (TPSA) is 133 Å². The zero-order chi connectivity index (χ0) is 23.3. The number of nitriles is 1. The molecule has 0 spiro atoms. The summed E-state index contributed by atoms with van der Waals surface area (Å²) >= 11 is 0. The van der Waals surface area contributed by atoms with Crippen LogP contribution in [0.4, 0.5) is 28.8 Å². The Bertz CT molecular complexity index is 1430. The standard InChI is InChI=1S/C23H19N7O2S/c1-16-10-11-25-21(12-16)29-23-13-22(26-15-27-23)28-18-6-8-19(9-7-18)30-33(31,32)20-5-3-2-4-17(20)14-24/h2-13,15,30H,1H3,(H2,25,26,27,28,29). The summed E-state index contributed by atoms with van der Waals surface area (Å²) in [4.78, 5) is 12.6. The van der Waals surface area contributed by atoms with Crippen LogP contribution in [0.15, 0.2) is 84.1 Å². The van der Waals surface area contributed by atoms with Crippen molar-refractivity contribution in [1.29, 1.82) is 5.26 Å². The number of anilines is 5. The summed E-state index contributed by atoms with van der Waals surface area (Å²) in [6, 6.07) is 20.1. The van der Waals surface area contributed by atoms with Crippen LogP contribution < -0.4 is 15.4 Å². The fourth-order valence-electron chi connectivity index (χ4n) is 3.00. The van der Waals surface area contributed by atoms with Crippen molar-refractivity contribution in [3.8, 4) is 6.07 Å². The van der Waals surface area contributed by atoms with Gasteiger partial charge in [-0.15, -0.1) is 0 Å². The number of aryl methyl sites for hydroxylation is 1. The summed E-state index contributed by atoms with van der Waals surface area (Å²) in [5, 5.41) is 15.4. The molecule has 33 heavy (non-hydrogen) atoms. The summed E-state index contributed by atoms with van der Waals surface area (Å²) in [5.74, 6) is 1.80. The lowest BCUT2D eigenvalue weighted by Crippen LogP contribution is -2.14. The average Bonchev–Trinajstić information content (AvgIpc) is 2.80. The Morgan fingerprint density at radius 1 is 0.818 bits per heavy atom. The highest BCUT2D eigenvalue weighted by molar-refractivity contribution is 7.92. The van der Waals surface area contributed by atoms with Gasteiger partial charge in [0.2, 0.25) is 0 Å². The molecule has 10 heteroatoms. The van der Waals surface area contributed by atoms with E-state index in [4.69, 9.17) is 5.26 Å². The first-order valence-electron chi connectivity index (χ1n) is 9.84. The average molecular weight is 458 g/mol. The molecule has 4 aromatic rings. The van der Waals surface area contributed by atoms with Crippen LogP contribution >= 0.6 is 0 Å². The molecular weight excluding hydrogens is 438 g/mol. The highest BCUT2D eigenvalue weighted by atomic mass is 32.2. The number of hydrogen-bond donors (Lipinski definition) is 3. The van der Waals surface area contributed by atoms with Crippen molar-refractivity contribution in [2.45, 2.75) is 11.8 Å². The van der Waals surface area contributed by atoms with E-state index in [1.54, 1.807) is 48.7 Å². The van der Waals surface area contributed by atoms with Crippen LogP contribution in [-0.4, -0.2) is 23.4 Å². The van der Waals surface area contributed by atoms with E-state index in [-0.39, 0.29) is 10.5 Å². The fourth-order valence-corrected chi connectivity index (χ4v) is 4.22. The maximum Gasteiger partial charge on any atom is 0.263 e. The van der Waals surface area contributed by atoms with Gasteiger partial charge in [0.15, 0.2) is 0 Å². The van der Waals surface area contributed by atoms with E-state index in [9.17, 15) is 8.42 Å². The third-order valence-corrected chi connectivity index (χ3v) is 5.98. The number of rotatable bonds is 7. The van der Waals surface area contributed by atoms with E-state index in [2.05, 4.69) is 30.3 Å². The molecule has 2 aromatic heterocycles. The molecule has 164 valence electrons. The van der Waals surface area contributed by atoms with Gasteiger partial charge >= 0.3 is 0 Å². The van der Waals surface area contributed by atoms with Gasteiger partial charge in [0.25, 0.3) is 10.0 Å². The molecule has 4 rings (SSSR count). The molecule has 0 bridgehead atoms. The Morgan fingerprint density at radius 2 is 1.48 bits per heavy atom. The minimum Gasteiger partial charge on any atom is -0.340 e. The lowest BCUT2D eigenvalue weighted by atomic mass is 10.2. The summed E-state index contributed by atoms with van der Waals surface area (Å²) in [6.07, 6.45) is 3.14. The lowest BCUT2D eigenvalue weighted by molar-refractivity contribution is 0.601. The third kappa shape index (κ3) is 5.41. The first-order valence-corrected chi connectivity index (χ1v) is 11.3. The van der Waals surface area contributed by atoms with E-state index in [0.29, 0.717) is 28.8 Å². The molecule has 0 aliphatic heterocycles. The number of nitrogens with one attached hydrogen (secondary N) is 3. The van der Waals surface area contributed by atoms with Crippen molar-refractivity contribution in [3.63, 3.8) is 0 Å². The maximum absolute atomic E-state index is 12.7. The predicted octanol–water partition coefficient (Wildman–Crippen LogP) is 4.34. The largest absolute Gasteiger partial charge is 0.340 e. The SMILES string of the molecule is Cc1ccnc(Nc2cc(Nc3ccc(NS(=O)(=O)c4ccccc4C#N)cc3)ncn2)c1. The van der Waals surface area contributed by atoms with Gasteiger partial charge in [-0.1, -0.05) is 12.1 Å². The van der Waals surface area contributed by atoms with Gasteiger partial charge < -0.3 is 10.6 Å². The van der Waals surface area contributed by atoms with E-state index in [1.165, 1.54) is 18.5 Å². The van der Waals surface area contributed by atoms with Gasteiger partial charge in [0.1, 0.15) is 34.7 Å². The lowest BCUT2D eigenvalue weighted by Gasteiger charge is -2.11. The number of sulfonamides is 1. The van der Waals surface area contributed by atoms with Crippen LogP contribution in [-0.2, 0) is 10.0 Å². The molecule has 0 atom stereocenters. The summed E-state index contributed by atoms with van der Waals surface area (Å²) in [7, 11) is -3.89. The van der Waals surface area contributed by atoms with Gasteiger partial charge in [-0.25, -0.2) is 23.4 Å². The normalized spacial score (nSPS) is 10.8. The van der Waals surface area contributed by atoms with Crippen molar-refractivity contribution >= 4 is 38.9 Å². The van der Waals surface area contributed by atoms with Gasteiger partial charge in [-0.3, -0.25) is 4.72 Å². The molecule has 3 N–H and O–H groups in total. The van der Waals surface area contributed by atoms with E-state index in [1.807, 2.05) is 25.1 Å². The van der Waals surface area contributed by atoms with Gasteiger partial charge in [0, 0.05) is 23.6 Å². The Hall–Kier alpha value is -4.49. The molecular formula is C23H19N7O2S. The van der Waals surface area contributed by atoms with Crippen molar-refractivity contribution in [3.05, 3.63) is 90.4 Å². The summed E-state index contributed by atoms with van der Waals surface area (Å²) in [5.41, 5.74) is 2.22. The molecule has 0 radical (unpaired) electrons. The second-order valence-corrected chi connectivity index (χ2v) is 8.70. The predicted molar refractivity (Wildman–Crippen MR) is 126 cm³/mol. The van der Waals surface area contributed by atoms with Crippen LogP contribution in [0.2, 0.25) is 0 Å². The molecule has 2 heterocycles. The second-order valence-electron chi connectivity index (χ2n) is 7.05. The van der Waals surface area contributed by atoms with Crippen LogP contribution in [0.3, 0.4) is 0 Å². The van der Waals surface area contributed by atoms with E-state index >= 15 is 0 Å². The van der Waals surface area contributed by atoms with Crippen molar-refractivity contribution in [1.82, 2.24) is 15.0 Å². The van der Waals surface area contributed by atoms with Gasteiger partial charge in [0.05, 0.1) is 5.56 Å². The first-order chi connectivity index (χ1) is 15.9. The van der Waals surface area contributed by atoms with Crippen LogP contribution in [0.5, 0.6) is 0 Å². The first kappa shape index (κ1) is 21.7. The molecule has 0 unspecified atom stereocenters. The molecule has 9 nitrogen and oxygen atoms in total. The quantitative estimate of drug-likeness (QED) is 0.373. The monoisotopic (exact) mass is 457 g/mol. The van der Waals surface area contributed by atoms with Crippen LogP contribution in [0.1, 0.15) is 11.1 Å². The molecule has 0 amide bonds. The number of pyridine rings is 1. The van der Waals surface area contributed by atoms with Crippen LogP contribution in [0.25, 0.3) is 0 Å². The smallest absolute Gasteiger partial charge is 0.263 e. The Morgan fingerprint density at radius 3 is 2.21 bits per heavy atom. The van der Waals surface area contributed by atoms with Crippen molar-refractivity contribution in [2.24, 2.45) is 0 Å². The van der Waals surface area contributed by atoms with Crippen molar-refractivity contribution < 1.29 is 8.42 Å². The summed E-state index contributed by atoms with van der Waals surface area (Å²) in [6.45, 7) is 1.98. The molecule has 0 saturated heterocycles. The van der Waals surface area contributed by atoms with Crippen LogP contribution in [0, 0.1) is 18.3 Å². The zero-order valence-corrected chi connectivity index (χ0v) is 18.3. The number of benzene rings is 2. The fraction of sp³-hybridized carbons (Fsp3) is 0.0435. The zero-order valence-electron chi connectivity index (χ0n) is 17.5. The highest BCUT2D eigenvalue weighted by Crippen LogP contribution is 2.23. The Labute approximate surface area is 191 Å². The minimum atomic E-state index is -3.89. The third-order valence-electron chi connectivity index (χ3n) is 4.55. The molecule has 0 fully saturated rings. The van der Waals surface area contributed by atoms with E-state index in [0.717, 1.165) is 5.56 Å². The molecule has 0 saturated carbocycles. The van der Waals surface area contributed by atoms with Gasteiger partial charge in [-0.2, -0.15) is 5.26 Å². The van der Waals surface area contributed by atoms with E-state index < -0.39 is 10.0 Å². The molecule has 0 aliphatic carbocycles. The van der Waals surface area contributed by atoms with Gasteiger partial charge in [-0.05, 0) is 61.0 Å². The minimum absolute atomic E-state index is 0.0705. The summed E-state index contributed by atoms with van der Waals surface area (Å²) < 4.78 is 27.8. The molecule has 0 aliphatic rings. The Balaban J connectivity index is 1.45. The van der Waals surface area contributed by atoms with Crippen molar-refractivity contribution in [2.75, 3.05) is 15.4 Å². The number of nitrogens with zero attached hydrogens (tertiary/aromatic N) is 4.